The predicted octanol–water partition coefficient (Wildman–Crippen LogP) is 3.27. The minimum Gasteiger partial charge on any atom is -0.461 e. The Bertz CT molecular complexity index is 1140. The van der Waals surface area contributed by atoms with Gasteiger partial charge in [0.1, 0.15) is 5.75 Å². The molecule has 1 heterocycles. The van der Waals surface area contributed by atoms with Crippen molar-refractivity contribution >= 4 is 23.2 Å². The van der Waals surface area contributed by atoms with Gasteiger partial charge in [0, 0.05) is 5.56 Å². The Labute approximate surface area is 161 Å². The zero-order valence-electron chi connectivity index (χ0n) is 14.9. The zero-order valence-corrected chi connectivity index (χ0v) is 14.9. The smallest absolute Gasteiger partial charge is 0.461 e. The molecule has 0 N–H and O–H groups in total. The Morgan fingerprint density at radius 2 is 1.86 bits per heavy atom. The van der Waals surface area contributed by atoms with Crippen molar-refractivity contribution in [1.82, 2.24) is 9.78 Å². The number of fused-ring (bicyclic) bond motifs is 1. The van der Waals surface area contributed by atoms with Crippen molar-refractivity contribution in [2.45, 2.75) is 13.3 Å². The molecule has 7 nitrogen and oxygen atoms in total. The quantitative estimate of drug-likeness (QED) is 0.477. The number of rotatable bonds is 5. The number of aldehydes is 1. The molecule has 3 aromatic rings. The van der Waals surface area contributed by atoms with Crippen LogP contribution in [0.3, 0.4) is 0 Å². The molecule has 0 aliphatic carbocycles. The van der Waals surface area contributed by atoms with Crippen molar-refractivity contribution in [2.75, 3.05) is 6.61 Å². The van der Waals surface area contributed by atoms with E-state index in [2.05, 4.69) is 9.84 Å². The van der Waals surface area contributed by atoms with Crippen LogP contribution in [0.25, 0.3) is 16.6 Å². The Balaban J connectivity index is 2.24. The second-order valence-electron chi connectivity index (χ2n) is 5.71. The Hall–Kier alpha value is -3.69. The fraction of sp³-hybridized carbons (Fsp3) is 0.158. The third-order valence-corrected chi connectivity index (χ3v) is 3.86. The lowest BCUT2D eigenvalue weighted by Gasteiger charge is -2.14. The van der Waals surface area contributed by atoms with Crippen LogP contribution in [0.5, 0.6) is 5.75 Å². The van der Waals surface area contributed by atoms with Crippen LogP contribution in [0.2, 0.25) is 0 Å². The van der Waals surface area contributed by atoms with Crippen molar-refractivity contribution in [3.05, 3.63) is 63.9 Å². The molecular formula is C19H13F3N2O5. The number of carbonyl (C=O) groups excluding carboxylic acids is 2. The van der Waals surface area contributed by atoms with Gasteiger partial charge in [0.25, 0.3) is 0 Å². The first-order valence-corrected chi connectivity index (χ1v) is 8.29. The van der Waals surface area contributed by atoms with Crippen LogP contribution in [0.1, 0.15) is 27.8 Å². The summed E-state index contributed by atoms with van der Waals surface area (Å²) >= 11 is 0. The first kappa shape index (κ1) is 20.1. The van der Waals surface area contributed by atoms with E-state index in [4.69, 9.17) is 4.74 Å². The van der Waals surface area contributed by atoms with E-state index >= 15 is 0 Å². The lowest BCUT2D eigenvalue weighted by molar-refractivity contribution is -0.274. The highest BCUT2D eigenvalue weighted by molar-refractivity contribution is 6.00. The number of aromatic nitrogens is 2. The summed E-state index contributed by atoms with van der Waals surface area (Å²) in [6.07, 6.45) is -4.39. The SMILES string of the molecule is CCOC(=O)c1nn(-c2ccc(OC(F)(F)F)cc2)c2cccc(C=O)c2c1=O. The molecule has 0 unspecified atom stereocenters. The van der Waals surface area contributed by atoms with Gasteiger partial charge in [0.15, 0.2) is 6.29 Å². The number of alkyl halides is 3. The van der Waals surface area contributed by atoms with Gasteiger partial charge in [-0.15, -0.1) is 13.2 Å². The molecule has 0 aliphatic heterocycles. The molecule has 2 aromatic carbocycles. The Morgan fingerprint density at radius 3 is 2.45 bits per heavy atom. The van der Waals surface area contributed by atoms with Crippen LogP contribution >= 0.6 is 0 Å². The van der Waals surface area contributed by atoms with Gasteiger partial charge in [-0.25, -0.2) is 9.48 Å². The number of halogens is 3. The van der Waals surface area contributed by atoms with Crippen molar-refractivity contribution < 1.29 is 32.2 Å². The number of hydrogen-bond donors (Lipinski definition) is 0. The fourth-order valence-corrected chi connectivity index (χ4v) is 2.72. The van der Waals surface area contributed by atoms with Crippen LogP contribution < -0.4 is 10.2 Å². The molecule has 0 saturated carbocycles. The van der Waals surface area contributed by atoms with E-state index in [0.717, 1.165) is 12.1 Å². The van der Waals surface area contributed by atoms with Crippen molar-refractivity contribution in [2.24, 2.45) is 0 Å². The van der Waals surface area contributed by atoms with Crippen LogP contribution in [-0.4, -0.2) is 35.0 Å². The molecule has 1 aromatic heterocycles. The molecule has 10 heteroatoms. The molecule has 0 atom stereocenters. The lowest BCUT2D eigenvalue weighted by atomic mass is 10.1. The number of ether oxygens (including phenoxy) is 2. The van der Waals surface area contributed by atoms with Gasteiger partial charge in [-0.2, -0.15) is 5.10 Å². The van der Waals surface area contributed by atoms with Gasteiger partial charge in [-0.05, 0) is 37.3 Å². The molecule has 0 fully saturated rings. The highest BCUT2D eigenvalue weighted by Gasteiger charge is 2.31. The van der Waals surface area contributed by atoms with Gasteiger partial charge < -0.3 is 9.47 Å². The summed E-state index contributed by atoms with van der Waals surface area (Å²) in [4.78, 5) is 36.3. The average molecular weight is 406 g/mol. The highest BCUT2D eigenvalue weighted by atomic mass is 19.4. The van der Waals surface area contributed by atoms with E-state index in [1.807, 2.05) is 0 Å². The average Bonchev–Trinajstić information content (AvgIpc) is 2.67. The summed E-state index contributed by atoms with van der Waals surface area (Å²) in [5.41, 5.74) is -0.875. The molecule has 0 aliphatic rings. The first-order chi connectivity index (χ1) is 13.7. The summed E-state index contributed by atoms with van der Waals surface area (Å²) in [6, 6.07) is 9.04. The maximum atomic E-state index is 12.7. The van der Waals surface area contributed by atoms with Gasteiger partial charge >= 0.3 is 12.3 Å². The van der Waals surface area contributed by atoms with E-state index in [1.54, 1.807) is 6.92 Å². The van der Waals surface area contributed by atoms with Gasteiger partial charge in [-0.3, -0.25) is 9.59 Å². The van der Waals surface area contributed by atoms with Crippen molar-refractivity contribution in [1.29, 1.82) is 0 Å². The highest BCUT2D eigenvalue weighted by Crippen LogP contribution is 2.25. The standard InChI is InChI=1S/C19H13F3N2O5/c1-2-28-18(27)16-17(26)15-11(10-25)4-3-5-14(15)24(23-16)12-6-8-13(9-7-12)29-19(20,21)22/h3-10H,2H2,1H3. The van der Waals surface area contributed by atoms with Crippen molar-refractivity contribution in [3.8, 4) is 11.4 Å². The molecule has 0 bridgehead atoms. The third kappa shape index (κ3) is 4.10. The summed E-state index contributed by atoms with van der Waals surface area (Å²) in [6.45, 7) is 1.55. The predicted molar refractivity (Wildman–Crippen MR) is 95.4 cm³/mol. The molecule has 29 heavy (non-hydrogen) atoms. The molecular weight excluding hydrogens is 393 g/mol. The number of esters is 1. The second kappa shape index (κ2) is 7.74. The van der Waals surface area contributed by atoms with Crippen LogP contribution in [0, 0.1) is 0 Å². The van der Waals surface area contributed by atoms with E-state index in [1.165, 1.54) is 35.0 Å². The zero-order chi connectivity index (χ0) is 21.2. The maximum Gasteiger partial charge on any atom is 0.573 e. The molecule has 0 spiro atoms. The largest absolute Gasteiger partial charge is 0.573 e. The maximum absolute atomic E-state index is 12.7. The summed E-state index contributed by atoms with van der Waals surface area (Å²) in [5.74, 6) is -1.43. The lowest BCUT2D eigenvalue weighted by Crippen LogP contribution is -2.25. The van der Waals surface area contributed by atoms with Crippen molar-refractivity contribution in [3.63, 3.8) is 0 Å². The normalized spacial score (nSPS) is 11.3. The van der Waals surface area contributed by atoms with Crippen LogP contribution in [-0.2, 0) is 4.74 Å². The number of benzene rings is 2. The second-order valence-corrected chi connectivity index (χ2v) is 5.71. The molecule has 3 rings (SSSR count). The van der Waals surface area contributed by atoms with Crippen LogP contribution in [0.15, 0.2) is 47.3 Å². The minimum atomic E-state index is -4.85. The molecule has 0 amide bonds. The minimum absolute atomic E-state index is 0.00318. The first-order valence-electron chi connectivity index (χ1n) is 8.29. The van der Waals surface area contributed by atoms with Gasteiger partial charge in [0.2, 0.25) is 11.1 Å². The molecule has 0 saturated heterocycles. The van der Waals surface area contributed by atoms with Crippen LogP contribution in [0.4, 0.5) is 13.2 Å². The van der Waals surface area contributed by atoms with E-state index < -0.39 is 29.2 Å². The molecule has 150 valence electrons. The third-order valence-electron chi connectivity index (χ3n) is 3.86. The van der Waals surface area contributed by atoms with E-state index in [0.29, 0.717) is 6.29 Å². The van der Waals surface area contributed by atoms with E-state index in [9.17, 15) is 27.6 Å². The monoisotopic (exact) mass is 406 g/mol. The summed E-state index contributed by atoms with van der Waals surface area (Å²) < 4.78 is 46.9. The Morgan fingerprint density at radius 1 is 1.17 bits per heavy atom. The Kier molecular flexibility index (Phi) is 5.35. The summed E-state index contributed by atoms with van der Waals surface area (Å²) in [5, 5.41) is 3.96. The van der Waals surface area contributed by atoms with Gasteiger partial charge in [0.05, 0.1) is 23.2 Å². The summed E-state index contributed by atoms with van der Waals surface area (Å²) in [7, 11) is 0. The van der Waals surface area contributed by atoms with E-state index in [-0.39, 0.29) is 28.8 Å². The topological polar surface area (TPSA) is 87.5 Å². The number of hydrogen-bond acceptors (Lipinski definition) is 6. The molecule has 0 radical (unpaired) electrons. The number of carbonyl (C=O) groups is 2. The fourth-order valence-electron chi connectivity index (χ4n) is 2.72. The number of nitrogens with zero attached hydrogens (tertiary/aromatic N) is 2. The van der Waals surface area contributed by atoms with Gasteiger partial charge in [-0.1, -0.05) is 12.1 Å².